The highest BCUT2D eigenvalue weighted by atomic mass is 16.6. The number of rotatable bonds is 29. The van der Waals surface area contributed by atoms with Crippen LogP contribution in [0.2, 0.25) is 0 Å². The van der Waals surface area contributed by atoms with E-state index in [9.17, 15) is 28.8 Å². The monoisotopic (exact) mass is 1980 g/mol. The summed E-state index contributed by atoms with van der Waals surface area (Å²) < 4.78 is 33.6. The highest BCUT2D eigenvalue weighted by Gasteiger charge is 2.47. The Morgan fingerprint density at radius 3 is 0.979 bits per heavy atom. The summed E-state index contributed by atoms with van der Waals surface area (Å²) in [7, 11) is 0. The minimum atomic E-state index is -0.712. The zero-order valence-electron chi connectivity index (χ0n) is 93.4. The van der Waals surface area contributed by atoms with Crippen LogP contribution in [0.1, 0.15) is 415 Å². The van der Waals surface area contributed by atoms with Gasteiger partial charge in [-0.3, -0.25) is 24.0 Å². The molecule has 144 heavy (non-hydrogen) atoms. The molecule has 0 bridgehead atoms. The quantitative estimate of drug-likeness (QED) is 0.0166. The number of allylic oxidation sites excluding steroid dienone is 1. The number of carbonyl (C=O) groups excluding carboxylic acids is 6. The fourth-order valence-electron chi connectivity index (χ4n) is 15.9. The number of esters is 6. The standard InChI is InChI=1S/C20H22O2.C17H24O2.C15H24O4.C13H22O2.C12H20O2.5C10H14O/c1-5-19(2,3)18(21)22-20(4)16-12-8-6-10-14(16)15-11-7-9-13-17(15)20;1-5-16(3,4)15(18)19-17(6-2)12-11-13-9-7-8-10-14(13)17;1-5-14(3,4)13(17)18-11-12(16)19-15(6-2)9-7-8-10-15;1-6-12(3,4)11(14)15-13(5)9-7-8-10(13)2;1-5-11(2,3)10(13)14-12(4)8-6-7-9-12;5*1-3-8(2)9-4-6-10(11)7-5-9/h6-13H,5H2,1-4H3;7-10H,5-6,11-12H2,1-4H3;6H,2,5,7-11H2,1,3-4H3;2,6-9H2,1,3-5H3;6,8H,5,7,9H2,1-4H3;5*4-8,11H,3H2,1-2H3. The summed E-state index contributed by atoms with van der Waals surface area (Å²) in [6.45, 7) is 66.3. The molecule has 0 radical (unpaired) electrons. The molecule has 0 spiro atoms. The van der Waals surface area contributed by atoms with Crippen molar-refractivity contribution in [3.63, 3.8) is 0 Å². The molecule has 0 amide bonds. The normalized spacial score (nSPS) is 17.9. The zero-order valence-corrected chi connectivity index (χ0v) is 93.4. The molecule has 17 heteroatoms. The van der Waals surface area contributed by atoms with Gasteiger partial charge in [-0.2, -0.15) is 0 Å². The number of fused-ring (bicyclic) bond motifs is 4. The summed E-state index contributed by atoms with van der Waals surface area (Å²) >= 11 is 0. The van der Waals surface area contributed by atoms with Gasteiger partial charge in [0.1, 0.15) is 51.2 Å². The van der Waals surface area contributed by atoms with Crippen LogP contribution in [0.3, 0.4) is 0 Å². The number of carbonyl (C=O) groups is 6. The fraction of sp³-hybridized carbons (Fsp3) is 0.528. The average Bonchev–Trinajstić information content (AvgIpc) is 1.57. The molecule has 5 N–H and O–H groups in total. The van der Waals surface area contributed by atoms with E-state index >= 15 is 0 Å². The molecule has 0 aliphatic heterocycles. The van der Waals surface area contributed by atoms with Gasteiger partial charge in [0.15, 0.2) is 12.2 Å². The Labute approximate surface area is 867 Å². The van der Waals surface area contributed by atoms with Crippen LogP contribution in [-0.2, 0) is 74.8 Å². The largest absolute Gasteiger partial charge is 0.508 e. The van der Waals surface area contributed by atoms with Crippen LogP contribution in [0.5, 0.6) is 28.7 Å². The van der Waals surface area contributed by atoms with Crippen molar-refractivity contribution in [2.45, 2.75) is 400 Å². The number of aryl methyl sites for hydroxylation is 1. The predicted molar refractivity (Wildman–Crippen MR) is 590 cm³/mol. The molecule has 8 aromatic rings. The van der Waals surface area contributed by atoms with Crippen LogP contribution in [0.4, 0.5) is 0 Å². The Hall–Kier alpha value is -11.2. The number of ether oxygens (including phenoxy) is 6. The molecule has 8 unspecified atom stereocenters. The van der Waals surface area contributed by atoms with E-state index in [1.807, 2.05) is 208 Å². The van der Waals surface area contributed by atoms with Crippen LogP contribution in [0, 0.1) is 27.1 Å². The van der Waals surface area contributed by atoms with Crippen molar-refractivity contribution in [2.24, 2.45) is 27.1 Å². The number of aromatic hydroxyl groups is 5. The van der Waals surface area contributed by atoms with Gasteiger partial charge in [0.25, 0.3) is 0 Å². The molecule has 2 fully saturated rings. The molecule has 5 aliphatic carbocycles. The van der Waals surface area contributed by atoms with E-state index in [0.717, 1.165) is 163 Å². The fourth-order valence-corrected chi connectivity index (χ4v) is 15.9. The van der Waals surface area contributed by atoms with Crippen molar-refractivity contribution in [1.82, 2.24) is 0 Å². The van der Waals surface area contributed by atoms with E-state index in [0.29, 0.717) is 64.8 Å². The van der Waals surface area contributed by atoms with E-state index in [4.69, 9.17) is 54.0 Å². The Morgan fingerprint density at radius 1 is 0.361 bits per heavy atom. The smallest absolute Gasteiger partial charge is 0.345 e. The van der Waals surface area contributed by atoms with Crippen molar-refractivity contribution >= 4 is 35.8 Å². The van der Waals surface area contributed by atoms with E-state index in [1.54, 1.807) is 80.6 Å². The first-order valence-electron chi connectivity index (χ1n) is 53.1. The maximum atomic E-state index is 12.7. The van der Waals surface area contributed by atoms with Crippen molar-refractivity contribution in [3.8, 4) is 39.9 Å². The zero-order chi connectivity index (χ0) is 108. The van der Waals surface area contributed by atoms with Gasteiger partial charge in [0, 0.05) is 11.1 Å². The van der Waals surface area contributed by atoms with Crippen molar-refractivity contribution in [2.75, 3.05) is 6.61 Å². The molecule has 8 aromatic carbocycles. The van der Waals surface area contributed by atoms with Gasteiger partial charge >= 0.3 is 35.8 Å². The SMILES string of the molecule is C=C1CCCC1(C)OC(=O)C(C)(C)CC.C=CC1(OC(=O)COC(=O)C(C)(C)CC)CCCC1.CCC(C)(C)C(=O)OC1(C)C=CCC1.CCC(C)(C)C(=O)OC1(C)c2ccccc2-c2ccccc21.CCC(C)(C)C(=O)OC1(CC)CCc2ccccc21.CCC(C)c1ccc(O)cc1.CCC(C)c1ccc(O)cc1.CCC(C)c1ccc(O)cc1.CCC(C)c1ccc(O)cc1.CCC(C)c1ccc(O)cc1. The maximum Gasteiger partial charge on any atom is 0.345 e. The summed E-state index contributed by atoms with van der Waals surface area (Å²) in [5, 5.41) is 45.1. The second-order valence-corrected chi connectivity index (χ2v) is 43.3. The third-order valence-corrected chi connectivity index (χ3v) is 30.5. The summed E-state index contributed by atoms with van der Waals surface area (Å²) in [5.41, 5.74) is 9.89. The molecular weight excluding hydrogens is 1800 g/mol. The average molecular weight is 1980 g/mol. The van der Waals surface area contributed by atoms with Gasteiger partial charge in [-0.25, -0.2) is 4.79 Å². The Kier molecular flexibility index (Phi) is 50.6. The first kappa shape index (κ1) is 125. The predicted octanol–water partition coefficient (Wildman–Crippen LogP) is 33.2. The highest BCUT2D eigenvalue weighted by molar-refractivity contribution is 5.84. The Bertz CT molecular complexity index is 4930. The molecule has 8 atom stereocenters. The molecule has 5 aliphatic rings. The van der Waals surface area contributed by atoms with Crippen LogP contribution in [0.15, 0.2) is 231 Å². The Balaban J connectivity index is 0.000000337. The van der Waals surface area contributed by atoms with Gasteiger partial charge in [0.05, 0.1) is 27.1 Å². The van der Waals surface area contributed by atoms with E-state index in [1.165, 1.54) is 38.9 Å². The maximum absolute atomic E-state index is 12.7. The lowest BCUT2D eigenvalue weighted by molar-refractivity contribution is -0.173. The van der Waals surface area contributed by atoms with Crippen LogP contribution in [-0.4, -0.2) is 84.8 Å². The molecule has 2 saturated carbocycles. The van der Waals surface area contributed by atoms with Crippen molar-refractivity contribution in [3.05, 3.63) is 281 Å². The molecule has 17 nitrogen and oxygen atoms in total. The van der Waals surface area contributed by atoms with Crippen LogP contribution in [0.25, 0.3) is 11.1 Å². The van der Waals surface area contributed by atoms with Crippen molar-refractivity contribution in [1.29, 1.82) is 0 Å². The minimum Gasteiger partial charge on any atom is -0.508 e. The van der Waals surface area contributed by atoms with Crippen LogP contribution >= 0.6 is 0 Å². The molecule has 0 aromatic heterocycles. The van der Waals surface area contributed by atoms with E-state index in [2.05, 4.69) is 138 Å². The van der Waals surface area contributed by atoms with Gasteiger partial charge < -0.3 is 54.0 Å². The molecule has 792 valence electrons. The lowest BCUT2D eigenvalue weighted by Gasteiger charge is -2.33. The lowest BCUT2D eigenvalue weighted by Crippen LogP contribution is -2.36. The first-order chi connectivity index (χ1) is 67.6. The third kappa shape index (κ3) is 37.7. The van der Waals surface area contributed by atoms with Gasteiger partial charge in [-0.15, -0.1) is 0 Å². The number of benzene rings is 8. The highest BCUT2D eigenvalue weighted by Crippen LogP contribution is 2.51. The van der Waals surface area contributed by atoms with Crippen LogP contribution < -0.4 is 0 Å². The number of hydrogen-bond donors (Lipinski definition) is 5. The molecule has 0 heterocycles. The lowest BCUT2D eigenvalue weighted by atomic mass is 9.88. The molecule has 0 saturated heterocycles. The second-order valence-electron chi connectivity index (χ2n) is 43.3. The van der Waals surface area contributed by atoms with Gasteiger partial charge in [0.2, 0.25) is 0 Å². The van der Waals surface area contributed by atoms with Crippen molar-refractivity contribution < 1.29 is 82.7 Å². The number of phenolic OH excluding ortho intramolecular Hbond substituents is 5. The summed E-state index contributed by atoms with van der Waals surface area (Å²) in [6, 6.07) is 61.8. The molecular formula is C127H182O17. The van der Waals surface area contributed by atoms with E-state index < -0.39 is 44.6 Å². The third-order valence-electron chi connectivity index (χ3n) is 30.5. The second kappa shape index (κ2) is 58.2. The van der Waals surface area contributed by atoms with Gasteiger partial charge in [-0.1, -0.05) is 263 Å². The van der Waals surface area contributed by atoms with E-state index in [-0.39, 0.29) is 52.9 Å². The number of hydrogen-bond acceptors (Lipinski definition) is 17. The minimum absolute atomic E-state index is 0.0754. The topological polar surface area (TPSA) is 259 Å². The first-order valence-corrected chi connectivity index (χ1v) is 53.1. The summed E-state index contributed by atoms with van der Waals surface area (Å²) in [4.78, 5) is 72.3. The van der Waals surface area contributed by atoms with Gasteiger partial charge in [-0.05, 0) is 389 Å². The summed E-state index contributed by atoms with van der Waals surface area (Å²) in [6.07, 6.45) is 26.6. The summed E-state index contributed by atoms with van der Waals surface area (Å²) in [5.74, 6) is 3.41. The molecule has 13 rings (SSSR count). The Morgan fingerprint density at radius 2 is 0.674 bits per heavy atom. The number of phenols is 5.